The summed E-state index contributed by atoms with van der Waals surface area (Å²) in [5.41, 5.74) is 1.60. The van der Waals surface area contributed by atoms with Crippen LogP contribution < -0.4 is 0 Å². The van der Waals surface area contributed by atoms with Gasteiger partial charge >= 0.3 is 0 Å². The van der Waals surface area contributed by atoms with E-state index in [4.69, 9.17) is 4.74 Å². The molecule has 1 aromatic rings. The van der Waals surface area contributed by atoms with Crippen molar-refractivity contribution in [2.45, 2.75) is 25.7 Å². The number of carbonyl (C=O) groups is 2. The third-order valence-electron chi connectivity index (χ3n) is 4.82. The maximum Gasteiger partial charge on any atom is 0.255 e. The molecule has 2 saturated heterocycles. The van der Waals surface area contributed by atoms with E-state index >= 15 is 0 Å². The minimum atomic E-state index is 0.0772. The van der Waals surface area contributed by atoms with Gasteiger partial charge in [0.25, 0.3) is 5.91 Å². The first kappa shape index (κ1) is 16.9. The molecule has 1 aromatic heterocycles. The molecule has 6 heteroatoms. The first-order valence-corrected chi connectivity index (χ1v) is 8.68. The number of pyridine rings is 1. The number of hydrogen-bond donors (Lipinski definition) is 0. The molecule has 0 radical (unpaired) electrons. The van der Waals surface area contributed by atoms with Crippen LogP contribution in [0.15, 0.2) is 18.3 Å². The van der Waals surface area contributed by atoms with Gasteiger partial charge in [-0.1, -0.05) is 0 Å². The Kier molecular flexibility index (Phi) is 5.45. The van der Waals surface area contributed by atoms with Crippen molar-refractivity contribution in [3.8, 4) is 0 Å². The van der Waals surface area contributed by atoms with E-state index in [0.717, 1.165) is 44.6 Å². The van der Waals surface area contributed by atoms with Gasteiger partial charge in [-0.05, 0) is 37.3 Å². The van der Waals surface area contributed by atoms with Gasteiger partial charge in [-0.25, -0.2) is 0 Å². The van der Waals surface area contributed by atoms with Gasteiger partial charge in [0.2, 0.25) is 5.91 Å². The summed E-state index contributed by atoms with van der Waals surface area (Å²) in [6.45, 7) is 3.69. The van der Waals surface area contributed by atoms with Crippen molar-refractivity contribution in [1.82, 2.24) is 14.8 Å². The smallest absolute Gasteiger partial charge is 0.255 e. The van der Waals surface area contributed by atoms with Crippen molar-refractivity contribution in [2.24, 2.45) is 5.92 Å². The Morgan fingerprint density at radius 3 is 2.79 bits per heavy atom. The maximum absolute atomic E-state index is 12.3. The van der Waals surface area contributed by atoms with Crippen LogP contribution in [0.3, 0.4) is 0 Å². The summed E-state index contributed by atoms with van der Waals surface area (Å²) in [5.74, 6) is 0.563. The fourth-order valence-electron chi connectivity index (χ4n) is 3.48. The van der Waals surface area contributed by atoms with Crippen LogP contribution in [-0.4, -0.2) is 66.5 Å². The van der Waals surface area contributed by atoms with Gasteiger partial charge in [0.1, 0.15) is 0 Å². The van der Waals surface area contributed by atoms with Crippen molar-refractivity contribution < 1.29 is 14.3 Å². The van der Waals surface area contributed by atoms with E-state index in [0.29, 0.717) is 31.1 Å². The van der Waals surface area contributed by atoms with E-state index in [-0.39, 0.29) is 11.8 Å². The van der Waals surface area contributed by atoms with Crippen LogP contribution in [0.2, 0.25) is 0 Å². The number of nitrogens with zero attached hydrogens (tertiary/aromatic N) is 3. The Morgan fingerprint density at radius 2 is 2.12 bits per heavy atom. The first-order valence-electron chi connectivity index (χ1n) is 8.68. The molecule has 0 aromatic carbocycles. The molecule has 0 N–H and O–H groups in total. The molecule has 1 atom stereocenters. The van der Waals surface area contributed by atoms with Gasteiger partial charge in [-0.3, -0.25) is 14.6 Å². The molecule has 2 aliphatic rings. The molecular formula is C18H25N3O3. The highest BCUT2D eigenvalue weighted by Crippen LogP contribution is 2.21. The number of amides is 2. The van der Waals surface area contributed by atoms with Crippen LogP contribution in [0.1, 0.15) is 35.3 Å². The Morgan fingerprint density at radius 1 is 1.33 bits per heavy atom. The molecule has 24 heavy (non-hydrogen) atoms. The molecule has 0 spiro atoms. The van der Waals surface area contributed by atoms with Crippen molar-refractivity contribution in [2.75, 3.05) is 39.9 Å². The highest BCUT2D eigenvalue weighted by molar-refractivity contribution is 5.94. The number of ether oxygens (including phenoxy) is 1. The van der Waals surface area contributed by atoms with Crippen molar-refractivity contribution >= 4 is 11.8 Å². The summed E-state index contributed by atoms with van der Waals surface area (Å²) in [4.78, 5) is 32.5. The summed E-state index contributed by atoms with van der Waals surface area (Å²) >= 11 is 0. The number of likely N-dealkylation sites (tertiary alicyclic amines) is 2. The summed E-state index contributed by atoms with van der Waals surface area (Å²) < 4.78 is 5.04. The lowest BCUT2D eigenvalue weighted by atomic mass is 10.0. The number of hydrogen-bond acceptors (Lipinski definition) is 4. The van der Waals surface area contributed by atoms with Gasteiger partial charge < -0.3 is 14.5 Å². The molecule has 3 heterocycles. The first-order chi connectivity index (χ1) is 11.7. The zero-order chi connectivity index (χ0) is 16.9. The molecule has 2 aliphatic heterocycles. The summed E-state index contributed by atoms with van der Waals surface area (Å²) in [6.07, 6.45) is 5.20. The van der Waals surface area contributed by atoms with E-state index in [1.165, 1.54) is 0 Å². The van der Waals surface area contributed by atoms with Crippen LogP contribution in [0.4, 0.5) is 0 Å². The average molecular weight is 331 g/mol. The highest BCUT2D eigenvalue weighted by atomic mass is 16.5. The maximum atomic E-state index is 12.3. The summed E-state index contributed by atoms with van der Waals surface area (Å²) in [5, 5.41) is 0. The molecular weight excluding hydrogens is 306 g/mol. The topological polar surface area (TPSA) is 62.7 Å². The zero-order valence-corrected chi connectivity index (χ0v) is 14.2. The molecule has 2 amide bonds. The van der Waals surface area contributed by atoms with E-state index in [1.54, 1.807) is 13.3 Å². The standard InChI is InChI=1S/C18H25N3O3/c1-24-9-8-21-13-14(11-17(21)22)10-16-5-4-15(12-19-16)18(23)20-6-2-3-7-20/h4-5,12,14H,2-3,6-11,13H2,1H3/t14-/m1/s1. The minimum Gasteiger partial charge on any atom is -0.383 e. The van der Waals surface area contributed by atoms with Crippen LogP contribution in [0.25, 0.3) is 0 Å². The fraction of sp³-hybridized carbons (Fsp3) is 0.611. The van der Waals surface area contributed by atoms with Gasteiger partial charge in [0.15, 0.2) is 0 Å². The second-order valence-electron chi connectivity index (χ2n) is 6.64. The zero-order valence-electron chi connectivity index (χ0n) is 14.2. The number of methoxy groups -OCH3 is 1. The lowest BCUT2D eigenvalue weighted by molar-refractivity contribution is -0.128. The number of rotatable bonds is 6. The molecule has 130 valence electrons. The summed E-state index contributed by atoms with van der Waals surface area (Å²) in [7, 11) is 1.65. The van der Waals surface area contributed by atoms with Gasteiger partial charge in [0, 0.05) is 51.6 Å². The Hall–Kier alpha value is -1.95. The third kappa shape index (κ3) is 3.93. The number of carbonyl (C=O) groups excluding carboxylic acids is 2. The molecule has 3 rings (SSSR count). The van der Waals surface area contributed by atoms with Gasteiger partial charge in [-0.15, -0.1) is 0 Å². The van der Waals surface area contributed by atoms with Crippen LogP contribution >= 0.6 is 0 Å². The Balaban J connectivity index is 1.54. The second kappa shape index (κ2) is 7.75. The largest absolute Gasteiger partial charge is 0.383 e. The molecule has 6 nitrogen and oxygen atoms in total. The lowest BCUT2D eigenvalue weighted by Gasteiger charge is -2.16. The predicted molar refractivity (Wildman–Crippen MR) is 89.6 cm³/mol. The van der Waals surface area contributed by atoms with E-state index < -0.39 is 0 Å². The molecule has 2 fully saturated rings. The van der Waals surface area contributed by atoms with E-state index in [2.05, 4.69) is 4.98 Å². The molecule has 0 bridgehead atoms. The SMILES string of the molecule is COCCN1C[C@H](Cc2ccc(C(=O)N3CCCC3)cn2)CC1=O. The van der Waals surface area contributed by atoms with E-state index in [9.17, 15) is 9.59 Å². The van der Waals surface area contributed by atoms with Gasteiger partial charge in [0.05, 0.1) is 12.2 Å². The monoisotopic (exact) mass is 331 g/mol. The normalized spacial score (nSPS) is 20.9. The van der Waals surface area contributed by atoms with Crippen molar-refractivity contribution in [1.29, 1.82) is 0 Å². The second-order valence-corrected chi connectivity index (χ2v) is 6.64. The van der Waals surface area contributed by atoms with Crippen molar-refractivity contribution in [3.05, 3.63) is 29.6 Å². The average Bonchev–Trinajstić information content (AvgIpc) is 3.23. The summed E-state index contributed by atoms with van der Waals surface area (Å²) in [6, 6.07) is 3.79. The third-order valence-corrected chi connectivity index (χ3v) is 4.82. The Labute approximate surface area is 142 Å². The molecule has 0 aliphatic carbocycles. The van der Waals surface area contributed by atoms with Crippen LogP contribution in [0, 0.1) is 5.92 Å². The predicted octanol–water partition coefficient (Wildman–Crippen LogP) is 1.35. The fourth-order valence-corrected chi connectivity index (χ4v) is 3.48. The van der Waals surface area contributed by atoms with E-state index in [1.807, 2.05) is 21.9 Å². The van der Waals surface area contributed by atoms with Crippen LogP contribution in [0.5, 0.6) is 0 Å². The molecule has 0 unspecified atom stereocenters. The highest BCUT2D eigenvalue weighted by Gasteiger charge is 2.29. The number of aromatic nitrogens is 1. The molecule has 0 saturated carbocycles. The van der Waals surface area contributed by atoms with Crippen molar-refractivity contribution in [3.63, 3.8) is 0 Å². The quantitative estimate of drug-likeness (QED) is 0.789. The van der Waals surface area contributed by atoms with Crippen LogP contribution in [-0.2, 0) is 16.0 Å². The lowest BCUT2D eigenvalue weighted by Crippen LogP contribution is -2.29. The minimum absolute atomic E-state index is 0.0772. The van der Waals surface area contributed by atoms with Gasteiger partial charge in [-0.2, -0.15) is 0 Å². The Bertz CT molecular complexity index is 582.